The van der Waals surface area contributed by atoms with E-state index in [9.17, 15) is 4.79 Å². The van der Waals surface area contributed by atoms with Gasteiger partial charge in [-0.1, -0.05) is 35.3 Å². The monoisotopic (exact) mass is 336 g/mol. The number of pyridine rings is 1. The first-order valence-corrected chi connectivity index (χ1v) is 7.67. The van der Waals surface area contributed by atoms with E-state index in [-0.39, 0.29) is 12.0 Å². The Morgan fingerprint density at radius 3 is 2.64 bits per heavy atom. The predicted molar refractivity (Wildman–Crippen MR) is 85.4 cm³/mol. The van der Waals surface area contributed by atoms with Crippen molar-refractivity contribution in [2.45, 2.75) is 12.5 Å². The molecule has 2 aromatic rings. The highest BCUT2D eigenvalue weighted by molar-refractivity contribution is 6.31. The average molecular weight is 337 g/mol. The fourth-order valence-corrected chi connectivity index (χ4v) is 2.51. The SMILES string of the molecule is O=C(Cc1ccc(Cl)cc1)N1CC(Oc2ncccc2Cl)C1. The molecule has 0 aliphatic carbocycles. The number of amides is 1. The second-order valence-electron chi connectivity index (χ2n) is 5.13. The van der Waals surface area contributed by atoms with Gasteiger partial charge < -0.3 is 9.64 Å². The van der Waals surface area contributed by atoms with Gasteiger partial charge in [-0.05, 0) is 29.8 Å². The van der Waals surface area contributed by atoms with Crippen LogP contribution in [0.4, 0.5) is 0 Å². The molecule has 0 radical (unpaired) electrons. The Morgan fingerprint density at radius 1 is 1.23 bits per heavy atom. The lowest BCUT2D eigenvalue weighted by atomic mass is 10.1. The van der Waals surface area contributed by atoms with Gasteiger partial charge in [0.1, 0.15) is 11.1 Å². The fraction of sp³-hybridized carbons (Fsp3) is 0.250. The number of halogens is 2. The van der Waals surface area contributed by atoms with Crippen molar-refractivity contribution < 1.29 is 9.53 Å². The number of likely N-dealkylation sites (tertiary alicyclic amines) is 1. The number of carbonyl (C=O) groups is 1. The summed E-state index contributed by atoms with van der Waals surface area (Å²) in [6.45, 7) is 1.11. The molecular formula is C16H14Cl2N2O2. The zero-order valence-electron chi connectivity index (χ0n) is 11.7. The molecule has 0 saturated carbocycles. The molecule has 2 heterocycles. The smallest absolute Gasteiger partial charge is 0.232 e. The number of hydrogen-bond acceptors (Lipinski definition) is 3. The van der Waals surface area contributed by atoms with Crippen LogP contribution in [0.25, 0.3) is 0 Å². The predicted octanol–water partition coefficient (Wildman–Crippen LogP) is 3.22. The number of hydrogen-bond donors (Lipinski definition) is 0. The molecule has 1 aliphatic heterocycles. The van der Waals surface area contributed by atoms with E-state index in [0.717, 1.165) is 5.56 Å². The standard InChI is InChI=1S/C16H14Cl2N2O2/c17-12-5-3-11(4-6-12)8-15(21)20-9-13(10-20)22-16-14(18)2-1-7-19-16/h1-7,13H,8-10H2. The Labute approximate surface area is 138 Å². The summed E-state index contributed by atoms with van der Waals surface area (Å²) in [7, 11) is 0. The number of ether oxygens (including phenoxy) is 1. The molecule has 1 saturated heterocycles. The second kappa shape index (κ2) is 6.55. The Balaban J connectivity index is 1.49. The van der Waals surface area contributed by atoms with Crippen LogP contribution in [0, 0.1) is 0 Å². The van der Waals surface area contributed by atoms with Crippen molar-refractivity contribution >= 4 is 29.1 Å². The van der Waals surface area contributed by atoms with Crippen molar-refractivity contribution in [3.63, 3.8) is 0 Å². The van der Waals surface area contributed by atoms with E-state index < -0.39 is 0 Å². The topological polar surface area (TPSA) is 42.4 Å². The molecule has 1 aromatic carbocycles. The summed E-state index contributed by atoms with van der Waals surface area (Å²) in [6.07, 6.45) is 1.94. The van der Waals surface area contributed by atoms with Gasteiger partial charge in [0.05, 0.1) is 19.5 Å². The largest absolute Gasteiger partial charge is 0.470 e. The van der Waals surface area contributed by atoms with Gasteiger partial charge in [0.25, 0.3) is 0 Å². The molecule has 1 aliphatic rings. The molecule has 114 valence electrons. The first-order valence-electron chi connectivity index (χ1n) is 6.91. The normalized spacial score (nSPS) is 14.5. The molecule has 3 rings (SSSR count). The van der Waals surface area contributed by atoms with Crippen molar-refractivity contribution in [1.29, 1.82) is 0 Å². The molecule has 4 nitrogen and oxygen atoms in total. The third kappa shape index (κ3) is 3.51. The summed E-state index contributed by atoms with van der Waals surface area (Å²) in [5.74, 6) is 0.494. The summed E-state index contributed by atoms with van der Waals surface area (Å²) in [5.41, 5.74) is 0.950. The minimum Gasteiger partial charge on any atom is -0.470 e. The molecule has 0 atom stereocenters. The van der Waals surface area contributed by atoms with Gasteiger partial charge in [-0.15, -0.1) is 0 Å². The molecule has 0 unspecified atom stereocenters. The first-order chi connectivity index (χ1) is 10.6. The van der Waals surface area contributed by atoms with Crippen LogP contribution >= 0.6 is 23.2 Å². The van der Waals surface area contributed by atoms with Gasteiger partial charge in [0.2, 0.25) is 11.8 Å². The highest BCUT2D eigenvalue weighted by Gasteiger charge is 2.32. The highest BCUT2D eigenvalue weighted by Crippen LogP contribution is 2.24. The summed E-state index contributed by atoms with van der Waals surface area (Å²) in [6, 6.07) is 10.8. The van der Waals surface area contributed by atoms with Crippen LogP contribution in [0.2, 0.25) is 10.0 Å². The second-order valence-corrected chi connectivity index (χ2v) is 5.98. The van der Waals surface area contributed by atoms with Crippen molar-refractivity contribution in [3.8, 4) is 5.88 Å². The third-order valence-corrected chi connectivity index (χ3v) is 4.01. The number of rotatable bonds is 4. The Kier molecular flexibility index (Phi) is 4.50. The van der Waals surface area contributed by atoms with Crippen LogP contribution in [-0.2, 0) is 11.2 Å². The van der Waals surface area contributed by atoms with Gasteiger partial charge in [0, 0.05) is 11.2 Å². The molecule has 22 heavy (non-hydrogen) atoms. The van der Waals surface area contributed by atoms with Crippen molar-refractivity contribution in [3.05, 3.63) is 58.2 Å². The van der Waals surface area contributed by atoms with Crippen LogP contribution < -0.4 is 4.74 Å². The zero-order chi connectivity index (χ0) is 15.5. The summed E-state index contributed by atoms with van der Waals surface area (Å²) in [5, 5.41) is 1.15. The summed E-state index contributed by atoms with van der Waals surface area (Å²) >= 11 is 11.8. The van der Waals surface area contributed by atoms with Gasteiger partial charge in [-0.2, -0.15) is 0 Å². The molecule has 1 aromatic heterocycles. The van der Waals surface area contributed by atoms with Crippen molar-refractivity contribution in [2.24, 2.45) is 0 Å². The zero-order valence-corrected chi connectivity index (χ0v) is 13.2. The number of carbonyl (C=O) groups excluding carboxylic acids is 1. The van der Waals surface area contributed by atoms with E-state index in [2.05, 4.69) is 4.98 Å². The molecular weight excluding hydrogens is 323 g/mol. The molecule has 1 fully saturated rings. The quantitative estimate of drug-likeness (QED) is 0.860. The van der Waals surface area contributed by atoms with Crippen LogP contribution in [0.5, 0.6) is 5.88 Å². The van der Waals surface area contributed by atoms with Crippen LogP contribution in [-0.4, -0.2) is 35.0 Å². The maximum Gasteiger partial charge on any atom is 0.232 e. The summed E-state index contributed by atoms with van der Waals surface area (Å²) in [4.78, 5) is 18.0. The average Bonchev–Trinajstić information content (AvgIpc) is 2.46. The van der Waals surface area contributed by atoms with E-state index in [0.29, 0.717) is 35.4 Å². The van der Waals surface area contributed by atoms with Gasteiger partial charge in [-0.3, -0.25) is 4.79 Å². The molecule has 1 amide bonds. The van der Waals surface area contributed by atoms with Crippen molar-refractivity contribution in [2.75, 3.05) is 13.1 Å². The van der Waals surface area contributed by atoms with E-state index >= 15 is 0 Å². The maximum atomic E-state index is 12.1. The minimum atomic E-state index is -0.0541. The lowest BCUT2D eigenvalue weighted by molar-refractivity contribution is -0.139. The van der Waals surface area contributed by atoms with Gasteiger partial charge >= 0.3 is 0 Å². The van der Waals surface area contributed by atoms with Crippen LogP contribution in [0.15, 0.2) is 42.6 Å². The van der Waals surface area contributed by atoms with Crippen molar-refractivity contribution in [1.82, 2.24) is 9.88 Å². The lowest BCUT2D eigenvalue weighted by Crippen LogP contribution is -2.56. The number of benzene rings is 1. The highest BCUT2D eigenvalue weighted by atomic mass is 35.5. The Hall–Kier alpha value is -1.78. The molecule has 0 spiro atoms. The number of nitrogens with zero attached hydrogens (tertiary/aromatic N) is 2. The number of aromatic nitrogens is 1. The first kappa shape index (κ1) is 15.1. The molecule has 0 bridgehead atoms. The minimum absolute atomic E-state index is 0.0541. The fourth-order valence-electron chi connectivity index (χ4n) is 2.22. The maximum absolute atomic E-state index is 12.1. The van der Waals surface area contributed by atoms with E-state index in [4.69, 9.17) is 27.9 Å². The Bertz CT molecular complexity index is 670. The summed E-state index contributed by atoms with van der Waals surface area (Å²) < 4.78 is 5.67. The van der Waals surface area contributed by atoms with Crippen LogP contribution in [0.1, 0.15) is 5.56 Å². The van der Waals surface area contributed by atoms with E-state index in [1.807, 2.05) is 12.1 Å². The lowest BCUT2D eigenvalue weighted by Gasteiger charge is -2.38. The third-order valence-electron chi connectivity index (χ3n) is 3.47. The van der Waals surface area contributed by atoms with Gasteiger partial charge in [-0.25, -0.2) is 4.98 Å². The van der Waals surface area contributed by atoms with E-state index in [1.165, 1.54) is 0 Å². The molecule has 6 heteroatoms. The molecule has 0 N–H and O–H groups in total. The van der Waals surface area contributed by atoms with E-state index in [1.54, 1.807) is 35.4 Å². The van der Waals surface area contributed by atoms with Gasteiger partial charge in [0.15, 0.2) is 0 Å². The van der Waals surface area contributed by atoms with Crippen LogP contribution in [0.3, 0.4) is 0 Å². The Morgan fingerprint density at radius 2 is 1.95 bits per heavy atom.